The first-order valence-corrected chi connectivity index (χ1v) is 10.4. The highest BCUT2D eigenvalue weighted by molar-refractivity contribution is 6.30. The van der Waals surface area contributed by atoms with Gasteiger partial charge in [0.05, 0.1) is 12.2 Å². The summed E-state index contributed by atoms with van der Waals surface area (Å²) in [5.74, 6) is 0.830. The Kier molecular flexibility index (Phi) is 5.41. The van der Waals surface area contributed by atoms with Crippen molar-refractivity contribution in [3.8, 4) is 5.75 Å². The molecule has 2 aromatic rings. The average molecular weight is 402 g/mol. The number of halogens is 1. The maximum absolute atomic E-state index is 10.7. The number of fused-ring (bicyclic) bond motifs is 1. The SMILES string of the molecule is Cc1cc2c(cc1C)[C@H](O)CC1(CCN(C[C@H](O)c3ccc(Cl)cc3)CC1)O2. The third-order valence-electron chi connectivity index (χ3n) is 6.33. The normalized spacial score (nSPS) is 22.5. The van der Waals surface area contributed by atoms with Crippen LogP contribution in [0.2, 0.25) is 5.02 Å². The molecule has 1 spiro atoms. The van der Waals surface area contributed by atoms with Gasteiger partial charge in [0.1, 0.15) is 11.4 Å². The molecule has 28 heavy (non-hydrogen) atoms. The molecule has 4 rings (SSSR count). The van der Waals surface area contributed by atoms with Crippen molar-refractivity contribution in [1.29, 1.82) is 0 Å². The maximum Gasteiger partial charge on any atom is 0.126 e. The molecule has 2 N–H and O–H groups in total. The van der Waals surface area contributed by atoms with Gasteiger partial charge in [0.25, 0.3) is 0 Å². The highest BCUT2D eigenvalue weighted by Crippen LogP contribution is 2.45. The van der Waals surface area contributed by atoms with E-state index in [1.807, 2.05) is 24.3 Å². The first-order valence-electron chi connectivity index (χ1n) is 9.99. The zero-order chi connectivity index (χ0) is 19.9. The van der Waals surface area contributed by atoms with Crippen LogP contribution in [0.5, 0.6) is 5.75 Å². The summed E-state index contributed by atoms with van der Waals surface area (Å²) in [4.78, 5) is 2.27. The van der Waals surface area contributed by atoms with E-state index in [0.29, 0.717) is 18.0 Å². The molecule has 2 heterocycles. The van der Waals surface area contributed by atoms with Crippen LogP contribution in [-0.4, -0.2) is 40.3 Å². The van der Waals surface area contributed by atoms with Gasteiger partial charge in [-0.15, -0.1) is 0 Å². The lowest BCUT2D eigenvalue weighted by atomic mass is 9.81. The Morgan fingerprint density at radius 2 is 1.79 bits per heavy atom. The molecule has 5 heteroatoms. The molecular formula is C23H28ClNO3. The van der Waals surface area contributed by atoms with Crippen LogP contribution >= 0.6 is 11.6 Å². The first-order chi connectivity index (χ1) is 13.3. The van der Waals surface area contributed by atoms with E-state index in [-0.39, 0.29) is 5.60 Å². The number of benzene rings is 2. The van der Waals surface area contributed by atoms with Gasteiger partial charge in [-0.3, -0.25) is 0 Å². The van der Waals surface area contributed by atoms with E-state index in [4.69, 9.17) is 16.3 Å². The van der Waals surface area contributed by atoms with Gasteiger partial charge in [-0.25, -0.2) is 0 Å². The van der Waals surface area contributed by atoms with Crippen LogP contribution < -0.4 is 4.74 Å². The van der Waals surface area contributed by atoms with Gasteiger partial charge in [-0.2, -0.15) is 0 Å². The largest absolute Gasteiger partial charge is 0.487 e. The Hall–Kier alpha value is -1.59. The van der Waals surface area contributed by atoms with Crippen LogP contribution in [0.1, 0.15) is 53.7 Å². The molecule has 1 saturated heterocycles. The second-order valence-electron chi connectivity index (χ2n) is 8.35. The Balaban J connectivity index is 1.41. The minimum Gasteiger partial charge on any atom is -0.487 e. The molecule has 0 aliphatic carbocycles. The molecule has 2 atom stereocenters. The van der Waals surface area contributed by atoms with Crippen LogP contribution in [-0.2, 0) is 0 Å². The van der Waals surface area contributed by atoms with Gasteiger partial charge in [-0.05, 0) is 67.6 Å². The van der Waals surface area contributed by atoms with Crippen LogP contribution in [0.3, 0.4) is 0 Å². The van der Waals surface area contributed by atoms with E-state index in [9.17, 15) is 10.2 Å². The number of ether oxygens (including phenoxy) is 1. The van der Waals surface area contributed by atoms with Gasteiger partial charge < -0.3 is 19.8 Å². The number of hydrogen-bond donors (Lipinski definition) is 2. The van der Waals surface area contributed by atoms with Crippen molar-refractivity contribution >= 4 is 11.6 Å². The Morgan fingerprint density at radius 1 is 1.14 bits per heavy atom. The number of hydrogen-bond acceptors (Lipinski definition) is 4. The van der Waals surface area contributed by atoms with Gasteiger partial charge in [0.2, 0.25) is 0 Å². The smallest absolute Gasteiger partial charge is 0.126 e. The van der Waals surface area contributed by atoms with E-state index in [1.165, 1.54) is 11.1 Å². The lowest BCUT2D eigenvalue weighted by Crippen LogP contribution is -2.51. The summed E-state index contributed by atoms with van der Waals surface area (Å²) >= 11 is 5.93. The molecule has 0 bridgehead atoms. The fourth-order valence-corrected chi connectivity index (χ4v) is 4.51. The fourth-order valence-electron chi connectivity index (χ4n) is 4.38. The molecule has 4 nitrogen and oxygen atoms in total. The fraction of sp³-hybridized carbons (Fsp3) is 0.478. The van der Waals surface area contributed by atoms with Crippen LogP contribution in [0.25, 0.3) is 0 Å². The third kappa shape index (κ3) is 3.92. The number of piperidine rings is 1. The number of nitrogens with zero attached hydrogens (tertiary/aromatic N) is 1. The lowest BCUT2D eigenvalue weighted by Gasteiger charge is -2.46. The summed E-state index contributed by atoms with van der Waals surface area (Å²) in [5.41, 5.74) is 3.86. The van der Waals surface area contributed by atoms with E-state index in [2.05, 4.69) is 30.9 Å². The predicted octanol–water partition coefficient (Wildman–Crippen LogP) is 4.34. The Bertz CT molecular complexity index is 844. The van der Waals surface area contributed by atoms with Gasteiger partial charge >= 0.3 is 0 Å². The maximum atomic E-state index is 10.7. The number of rotatable bonds is 3. The van der Waals surface area contributed by atoms with Crippen molar-refractivity contribution in [2.45, 2.75) is 50.9 Å². The predicted molar refractivity (Wildman–Crippen MR) is 111 cm³/mol. The first kappa shape index (κ1) is 19.7. The van der Waals surface area contributed by atoms with Gasteiger partial charge in [0, 0.05) is 36.6 Å². The molecule has 0 saturated carbocycles. The van der Waals surface area contributed by atoms with Crippen molar-refractivity contribution < 1.29 is 14.9 Å². The molecule has 1 fully saturated rings. The summed E-state index contributed by atoms with van der Waals surface area (Å²) in [6, 6.07) is 11.5. The lowest BCUT2D eigenvalue weighted by molar-refractivity contribution is -0.0588. The van der Waals surface area contributed by atoms with Crippen molar-refractivity contribution in [3.63, 3.8) is 0 Å². The summed E-state index contributed by atoms with van der Waals surface area (Å²) < 4.78 is 6.45. The molecule has 2 aromatic carbocycles. The zero-order valence-electron chi connectivity index (χ0n) is 16.5. The molecule has 0 radical (unpaired) electrons. The molecule has 0 amide bonds. The Labute approximate surface area is 171 Å². The summed E-state index contributed by atoms with van der Waals surface area (Å²) in [6.07, 6.45) is 1.33. The summed E-state index contributed by atoms with van der Waals surface area (Å²) in [7, 11) is 0. The standard InChI is InChI=1S/C23H28ClNO3/c1-15-11-19-20(26)13-23(28-22(19)12-16(15)2)7-9-25(10-8-23)14-21(27)17-3-5-18(24)6-4-17/h3-6,11-12,20-21,26-27H,7-10,13-14H2,1-2H3/t20-,21+/m1/s1. The molecule has 2 aliphatic heterocycles. The van der Waals surface area contributed by atoms with Gasteiger partial charge in [0.15, 0.2) is 0 Å². The van der Waals surface area contributed by atoms with E-state index in [0.717, 1.165) is 42.8 Å². The van der Waals surface area contributed by atoms with Crippen molar-refractivity contribution in [2.24, 2.45) is 0 Å². The number of likely N-dealkylation sites (tertiary alicyclic amines) is 1. The Morgan fingerprint density at radius 3 is 2.46 bits per heavy atom. The number of β-amino-alcohol motifs (C(OH)–C–C–N with tert-alkyl or cyclic N) is 1. The van der Waals surface area contributed by atoms with Crippen molar-refractivity contribution in [1.82, 2.24) is 4.90 Å². The third-order valence-corrected chi connectivity index (χ3v) is 6.58. The average Bonchev–Trinajstić information content (AvgIpc) is 2.66. The van der Waals surface area contributed by atoms with Crippen molar-refractivity contribution in [2.75, 3.05) is 19.6 Å². The number of aliphatic hydroxyl groups excluding tert-OH is 2. The monoisotopic (exact) mass is 401 g/mol. The van der Waals surface area contributed by atoms with Crippen LogP contribution in [0.15, 0.2) is 36.4 Å². The summed E-state index contributed by atoms with van der Waals surface area (Å²) in [6.45, 7) is 6.43. The van der Waals surface area contributed by atoms with Crippen LogP contribution in [0.4, 0.5) is 0 Å². The zero-order valence-corrected chi connectivity index (χ0v) is 17.2. The van der Waals surface area contributed by atoms with Crippen LogP contribution in [0, 0.1) is 13.8 Å². The quantitative estimate of drug-likeness (QED) is 0.803. The molecule has 0 unspecified atom stereocenters. The molecule has 150 valence electrons. The second kappa shape index (κ2) is 7.68. The van der Waals surface area contributed by atoms with E-state index < -0.39 is 12.2 Å². The molecule has 0 aromatic heterocycles. The van der Waals surface area contributed by atoms with Gasteiger partial charge in [-0.1, -0.05) is 23.7 Å². The number of aliphatic hydroxyl groups is 2. The minimum absolute atomic E-state index is 0.310. The van der Waals surface area contributed by atoms with E-state index >= 15 is 0 Å². The molecular weight excluding hydrogens is 374 g/mol. The highest BCUT2D eigenvalue weighted by atomic mass is 35.5. The molecule has 2 aliphatic rings. The second-order valence-corrected chi connectivity index (χ2v) is 8.78. The number of aryl methyl sites for hydroxylation is 2. The highest BCUT2D eigenvalue weighted by Gasteiger charge is 2.43. The summed E-state index contributed by atoms with van der Waals surface area (Å²) in [5, 5.41) is 21.9. The minimum atomic E-state index is -0.532. The van der Waals surface area contributed by atoms with E-state index in [1.54, 1.807) is 0 Å². The van der Waals surface area contributed by atoms with Crippen molar-refractivity contribution in [3.05, 3.63) is 63.7 Å². The topological polar surface area (TPSA) is 52.9 Å².